The molecule has 1 aliphatic heterocycles. The predicted molar refractivity (Wildman–Crippen MR) is 65.9 cm³/mol. The van der Waals surface area contributed by atoms with E-state index >= 15 is 0 Å². The van der Waals surface area contributed by atoms with Crippen molar-refractivity contribution in [3.63, 3.8) is 0 Å². The van der Waals surface area contributed by atoms with E-state index in [2.05, 4.69) is 4.99 Å². The van der Waals surface area contributed by atoms with Gasteiger partial charge in [-0.3, -0.25) is 4.79 Å². The van der Waals surface area contributed by atoms with Crippen LogP contribution in [0.3, 0.4) is 0 Å². The third-order valence-corrected chi connectivity index (χ3v) is 2.92. The zero-order chi connectivity index (χ0) is 11.8. The fourth-order valence-corrected chi connectivity index (χ4v) is 2.11. The lowest BCUT2D eigenvalue weighted by Gasteiger charge is -1.99. The zero-order valence-corrected chi connectivity index (χ0v) is 9.47. The van der Waals surface area contributed by atoms with Crippen molar-refractivity contribution in [1.29, 1.82) is 0 Å². The van der Waals surface area contributed by atoms with Gasteiger partial charge in [0.15, 0.2) is 0 Å². The van der Waals surface area contributed by atoms with Gasteiger partial charge in [0.1, 0.15) is 0 Å². The highest BCUT2D eigenvalue weighted by molar-refractivity contribution is 6.20. The van der Waals surface area contributed by atoms with Gasteiger partial charge in [0.25, 0.3) is 5.91 Å². The van der Waals surface area contributed by atoms with E-state index in [1.165, 1.54) is 0 Å². The zero-order valence-electron chi connectivity index (χ0n) is 9.47. The molecule has 0 aromatic heterocycles. The van der Waals surface area contributed by atoms with Crippen LogP contribution in [0.1, 0.15) is 11.1 Å². The van der Waals surface area contributed by atoms with Crippen LogP contribution < -0.4 is 10.6 Å². The Labute approximate surface area is 98.9 Å². The molecule has 0 N–H and O–H groups in total. The Kier molecular flexibility index (Phi) is 2.15. The Morgan fingerprint density at radius 2 is 1.76 bits per heavy atom. The topological polar surface area (TPSA) is 29.4 Å². The summed E-state index contributed by atoms with van der Waals surface area (Å²) in [6, 6.07) is 15.6. The SMILES string of the molecule is Cc1ccc2c(c1)=NC(=O)C=2c1ccccc1. The number of carbonyl (C=O) groups is 1. The minimum absolute atomic E-state index is 0.142. The van der Waals surface area contributed by atoms with Crippen molar-refractivity contribution >= 4 is 11.5 Å². The van der Waals surface area contributed by atoms with Gasteiger partial charge < -0.3 is 0 Å². The molecule has 0 radical (unpaired) electrons. The first-order valence-electron chi connectivity index (χ1n) is 5.55. The number of rotatable bonds is 1. The van der Waals surface area contributed by atoms with Crippen LogP contribution in [0.2, 0.25) is 0 Å². The van der Waals surface area contributed by atoms with E-state index in [1.54, 1.807) is 0 Å². The van der Waals surface area contributed by atoms with E-state index in [9.17, 15) is 4.79 Å². The summed E-state index contributed by atoms with van der Waals surface area (Å²) >= 11 is 0. The first kappa shape index (κ1) is 9.97. The normalized spacial score (nSPS) is 13.5. The summed E-state index contributed by atoms with van der Waals surface area (Å²) in [5.41, 5.74) is 2.76. The average Bonchev–Trinajstić information content (AvgIpc) is 2.65. The van der Waals surface area contributed by atoms with E-state index in [4.69, 9.17) is 0 Å². The molecule has 0 saturated carbocycles. The number of hydrogen-bond donors (Lipinski definition) is 0. The van der Waals surface area contributed by atoms with Gasteiger partial charge in [0, 0.05) is 5.22 Å². The second kappa shape index (κ2) is 3.67. The van der Waals surface area contributed by atoms with Gasteiger partial charge in [-0.05, 0) is 24.1 Å². The summed E-state index contributed by atoms with van der Waals surface area (Å²) in [4.78, 5) is 16.0. The lowest BCUT2D eigenvalue weighted by molar-refractivity contribution is -0.112. The van der Waals surface area contributed by atoms with Gasteiger partial charge >= 0.3 is 0 Å². The Morgan fingerprint density at radius 3 is 2.53 bits per heavy atom. The van der Waals surface area contributed by atoms with Crippen LogP contribution >= 0.6 is 0 Å². The van der Waals surface area contributed by atoms with E-state index in [-0.39, 0.29) is 5.91 Å². The molecule has 2 aromatic carbocycles. The molecule has 1 heterocycles. The molecule has 82 valence electrons. The molecule has 1 amide bonds. The van der Waals surface area contributed by atoms with Gasteiger partial charge in [-0.25, -0.2) is 4.99 Å². The van der Waals surface area contributed by atoms with Crippen molar-refractivity contribution in [2.45, 2.75) is 6.92 Å². The Bertz CT molecular complexity index is 714. The summed E-state index contributed by atoms with van der Waals surface area (Å²) < 4.78 is 0. The molecule has 2 nitrogen and oxygen atoms in total. The van der Waals surface area contributed by atoms with Gasteiger partial charge in [0.05, 0.1) is 10.9 Å². The fourth-order valence-electron chi connectivity index (χ4n) is 2.11. The third kappa shape index (κ3) is 1.58. The molecular formula is C15H11NO. The minimum Gasteiger partial charge on any atom is -0.267 e. The van der Waals surface area contributed by atoms with Crippen LogP contribution in [0.15, 0.2) is 53.5 Å². The largest absolute Gasteiger partial charge is 0.278 e. The molecular weight excluding hydrogens is 210 g/mol. The quantitative estimate of drug-likeness (QED) is 0.714. The van der Waals surface area contributed by atoms with Crippen molar-refractivity contribution < 1.29 is 4.79 Å². The van der Waals surface area contributed by atoms with Gasteiger partial charge in [-0.1, -0.05) is 42.5 Å². The Balaban J connectivity index is 2.37. The molecule has 0 spiro atoms. The highest BCUT2D eigenvalue weighted by Crippen LogP contribution is 2.13. The maximum Gasteiger partial charge on any atom is 0.278 e. The summed E-state index contributed by atoms with van der Waals surface area (Å²) in [7, 11) is 0. The highest BCUT2D eigenvalue weighted by Gasteiger charge is 2.17. The molecule has 0 aliphatic carbocycles. The number of aryl methyl sites for hydroxylation is 1. The number of benzene rings is 2. The van der Waals surface area contributed by atoms with Crippen LogP contribution in [-0.4, -0.2) is 5.91 Å². The van der Waals surface area contributed by atoms with E-state index < -0.39 is 0 Å². The number of carbonyl (C=O) groups excluding carboxylic acids is 1. The van der Waals surface area contributed by atoms with Crippen molar-refractivity contribution in [1.82, 2.24) is 0 Å². The predicted octanol–water partition coefficient (Wildman–Crippen LogP) is 1.35. The number of nitrogens with zero attached hydrogens (tertiary/aromatic N) is 1. The summed E-state index contributed by atoms with van der Waals surface area (Å²) in [5.74, 6) is -0.142. The average molecular weight is 221 g/mol. The van der Waals surface area contributed by atoms with Crippen molar-refractivity contribution in [2.75, 3.05) is 0 Å². The second-order valence-electron chi connectivity index (χ2n) is 4.18. The van der Waals surface area contributed by atoms with E-state index in [0.29, 0.717) is 5.57 Å². The number of fused-ring (bicyclic) bond motifs is 1. The maximum absolute atomic E-state index is 11.9. The lowest BCUT2D eigenvalue weighted by atomic mass is 10.0. The fraction of sp³-hybridized carbons (Fsp3) is 0.0667. The molecule has 17 heavy (non-hydrogen) atoms. The van der Waals surface area contributed by atoms with Crippen molar-refractivity contribution in [2.24, 2.45) is 4.99 Å². The first-order valence-corrected chi connectivity index (χ1v) is 5.55. The molecule has 0 fully saturated rings. The lowest BCUT2D eigenvalue weighted by Crippen LogP contribution is -2.23. The Hall–Kier alpha value is -2.22. The maximum atomic E-state index is 11.9. The highest BCUT2D eigenvalue weighted by atomic mass is 16.1. The molecule has 0 bridgehead atoms. The monoisotopic (exact) mass is 221 g/mol. The summed E-state index contributed by atoms with van der Waals surface area (Å²) in [5, 5.41) is 1.72. The van der Waals surface area contributed by atoms with E-state index in [0.717, 1.165) is 21.7 Å². The van der Waals surface area contributed by atoms with Crippen molar-refractivity contribution in [3.05, 3.63) is 70.2 Å². The molecule has 3 rings (SSSR count). The number of hydrogen-bond acceptors (Lipinski definition) is 1. The molecule has 2 aromatic rings. The molecule has 0 unspecified atom stereocenters. The molecule has 1 aliphatic rings. The smallest absolute Gasteiger partial charge is 0.267 e. The van der Waals surface area contributed by atoms with Crippen LogP contribution in [-0.2, 0) is 4.79 Å². The van der Waals surface area contributed by atoms with Crippen LogP contribution in [0.5, 0.6) is 0 Å². The molecule has 0 atom stereocenters. The third-order valence-electron chi connectivity index (χ3n) is 2.92. The van der Waals surface area contributed by atoms with Crippen molar-refractivity contribution in [3.8, 4) is 0 Å². The van der Waals surface area contributed by atoms with Crippen LogP contribution in [0, 0.1) is 6.92 Å². The Morgan fingerprint density at radius 1 is 1.00 bits per heavy atom. The van der Waals surface area contributed by atoms with Gasteiger partial charge in [-0.15, -0.1) is 0 Å². The second-order valence-corrected chi connectivity index (χ2v) is 4.18. The molecule has 0 saturated heterocycles. The molecule has 2 heteroatoms. The van der Waals surface area contributed by atoms with Crippen LogP contribution in [0.25, 0.3) is 5.57 Å². The number of amides is 1. The van der Waals surface area contributed by atoms with Gasteiger partial charge in [-0.2, -0.15) is 0 Å². The summed E-state index contributed by atoms with van der Waals surface area (Å²) in [6.45, 7) is 2.00. The summed E-state index contributed by atoms with van der Waals surface area (Å²) in [6.07, 6.45) is 0. The van der Waals surface area contributed by atoms with Gasteiger partial charge in [0.2, 0.25) is 0 Å². The standard InChI is InChI=1S/C15H11NO/c1-10-7-8-12-13(9-10)16-15(17)14(12)11-5-3-2-4-6-11/h2-9H,1H3. The minimum atomic E-state index is -0.142. The first-order chi connectivity index (χ1) is 8.25. The van der Waals surface area contributed by atoms with E-state index in [1.807, 2.05) is 55.5 Å². The van der Waals surface area contributed by atoms with Crippen LogP contribution in [0.4, 0.5) is 0 Å².